The minimum absolute atomic E-state index is 0.109. The van der Waals surface area contributed by atoms with Gasteiger partial charge in [0.15, 0.2) is 10.3 Å². The number of anilines is 2. The molecule has 1 aromatic carbocycles. The van der Waals surface area contributed by atoms with E-state index >= 15 is 0 Å². The van der Waals surface area contributed by atoms with Crippen LogP contribution in [0, 0.1) is 0 Å². The van der Waals surface area contributed by atoms with Crippen LogP contribution < -0.4 is 10.2 Å². The van der Waals surface area contributed by atoms with Crippen molar-refractivity contribution in [3.63, 3.8) is 0 Å². The van der Waals surface area contributed by atoms with E-state index in [1.54, 1.807) is 4.90 Å². The Balaban J connectivity index is 1.39. The normalized spacial score (nSPS) is 14.2. The summed E-state index contributed by atoms with van der Waals surface area (Å²) in [5, 5.41) is 6.02. The Bertz CT molecular complexity index is 1010. The van der Waals surface area contributed by atoms with Crippen LogP contribution in [0.2, 0.25) is 0 Å². The van der Waals surface area contributed by atoms with Crippen molar-refractivity contribution in [2.75, 3.05) is 16.8 Å². The van der Waals surface area contributed by atoms with Crippen molar-refractivity contribution in [2.24, 2.45) is 0 Å². The largest absolute Gasteiger partial charge is 0.302 e. The molecule has 28 heavy (non-hydrogen) atoms. The number of nitrogens with zero attached hydrogens (tertiary/aromatic N) is 3. The predicted octanol–water partition coefficient (Wildman–Crippen LogP) is 4.40. The van der Waals surface area contributed by atoms with Crippen molar-refractivity contribution < 1.29 is 9.59 Å². The number of carbonyl (C=O) groups is 2. The predicted molar refractivity (Wildman–Crippen MR) is 114 cm³/mol. The molecule has 3 heterocycles. The maximum atomic E-state index is 12.4. The molecule has 2 aromatic heterocycles. The van der Waals surface area contributed by atoms with Gasteiger partial charge in [-0.15, -0.1) is 11.3 Å². The van der Waals surface area contributed by atoms with E-state index in [4.69, 9.17) is 0 Å². The Hall–Kier alpha value is -2.32. The second-order valence-corrected chi connectivity index (χ2v) is 8.79. The van der Waals surface area contributed by atoms with Gasteiger partial charge in [0.05, 0.1) is 22.3 Å². The third-order valence-electron chi connectivity index (χ3n) is 4.70. The van der Waals surface area contributed by atoms with E-state index in [0.29, 0.717) is 28.9 Å². The summed E-state index contributed by atoms with van der Waals surface area (Å²) in [6.45, 7) is 2.90. The highest BCUT2D eigenvalue weighted by molar-refractivity contribution is 7.22. The number of unbranched alkanes of at least 4 members (excludes halogenated alkanes) is 1. The Labute approximate surface area is 171 Å². The number of amides is 2. The molecule has 6 nitrogen and oxygen atoms in total. The van der Waals surface area contributed by atoms with Gasteiger partial charge in [-0.2, -0.15) is 0 Å². The van der Waals surface area contributed by atoms with Crippen molar-refractivity contribution in [1.29, 1.82) is 0 Å². The molecule has 2 amide bonds. The van der Waals surface area contributed by atoms with E-state index in [-0.39, 0.29) is 18.2 Å². The standard InChI is InChI=1S/C20H22N4O2S2/c1-2-3-5-13-7-8-15-16(10-13)28-19(22-15)23-17(25)11-14-12-27-20(21-14)24-9-4-6-18(24)26/h7-8,10,12H,2-6,9,11H2,1H3,(H,22,23,25). The molecule has 1 aliphatic heterocycles. The van der Waals surface area contributed by atoms with Crippen LogP contribution in [0.5, 0.6) is 0 Å². The fraction of sp³-hybridized carbons (Fsp3) is 0.400. The van der Waals surface area contributed by atoms with Gasteiger partial charge in [0.2, 0.25) is 11.8 Å². The van der Waals surface area contributed by atoms with Crippen LogP contribution in [0.4, 0.5) is 10.3 Å². The molecule has 1 N–H and O–H groups in total. The first kappa shape index (κ1) is 19.0. The smallest absolute Gasteiger partial charge is 0.232 e. The number of nitrogens with one attached hydrogen (secondary N) is 1. The molecule has 3 aromatic rings. The highest BCUT2D eigenvalue weighted by Gasteiger charge is 2.24. The fourth-order valence-electron chi connectivity index (χ4n) is 3.24. The monoisotopic (exact) mass is 414 g/mol. The molecule has 1 saturated heterocycles. The molecular formula is C20H22N4O2S2. The molecular weight excluding hydrogens is 392 g/mol. The zero-order chi connectivity index (χ0) is 19.5. The van der Waals surface area contributed by atoms with E-state index in [9.17, 15) is 9.59 Å². The van der Waals surface area contributed by atoms with Crippen LogP contribution in [-0.4, -0.2) is 28.3 Å². The van der Waals surface area contributed by atoms with Gasteiger partial charge in [-0.3, -0.25) is 14.5 Å². The van der Waals surface area contributed by atoms with E-state index < -0.39 is 0 Å². The van der Waals surface area contributed by atoms with Gasteiger partial charge >= 0.3 is 0 Å². The molecule has 0 atom stereocenters. The molecule has 0 spiro atoms. The van der Waals surface area contributed by atoms with Crippen molar-refractivity contribution >= 4 is 55.0 Å². The number of rotatable bonds is 7. The van der Waals surface area contributed by atoms with Crippen LogP contribution in [-0.2, 0) is 22.4 Å². The van der Waals surface area contributed by atoms with Crippen LogP contribution in [0.25, 0.3) is 10.2 Å². The van der Waals surface area contributed by atoms with Crippen LogP contribution in [0.1, 0.15) is 43.9 Å². The van der Waals surface area contributed by atoms with E-state index in [1.165, 1.54) is 41.1 Å². The average Bonchev–Trinajstić information content (AvgIpc) is 3.38. The van der Waals surface area contributed by atoms with Crippen LogP contribution >= 0.6 is 22.7 Å². The number of hydrogen-bond acceptors (Lipinski definition) is 6. The molecule has 1 aliphatic rings. The second kappa shape index (κ2) is 8.36. The maximum absolute atomic E-state index is 12.4. The number of hydrogen-bond donors (Lipinski definition) is 1. The minimum Gasteiger partial charge on any atom is -0.302 e. The molecule has 0 unspecified atom stereocenters. The van der Waals surface area contributed by atoms with Crippen molar-refractivity contribution in [3.8, 4) is 0 Å². The van der Waals surface area contributed by atoms with Gasteiger partial charge in [0.1, 0.15) is 0 Å². The number of fused-ring (bicyclic) bond motifs is 1. The fourth-order valence-corrected chi connectivity index (χ4v) is 5.05. The molecule has 0 saturated carbocycles. The van der Waals surface area contributed by atoms with E-state index in [1.807, 2.05) is 11.4 Å². The first-order valence-electron chi connectivity index (χ1n) is 9.56. The minimum atomic E-state index is -0.144. The molecule has 146 valence electrons. The Morgan fingerprint density at radius 3 is 3.00 bits per heavy atom. The number of aryl methyl sites for hydroxylation is 1. The van der Waals surface area contributed by atoms with Gasteiger partial charge in [0.25, 0.3) is 0 Å². The lowest BCUT2D eigenvalue weighted by molar-refractivity contribution is -0.117. The first-order valence-corrected chi connectivity index (χ1v) is 11.3. The SMILES string of the molecule is CCCCc1ccc2nc(NC(=O)Cc3csc(N4CCCC4=O)n3)sc2c1. The zero-order valence-corrected chi connectivity index (χ0v) is 17.4. The van der Waals surface area contributed by atoms with E-state index in [2.05, 4.69) is 34.3 Å². The summed E-state index contributed by atoms with van der Waals surface area (Å²) in [4.78, 5) is 34.9. The lowest BCUT2D eigenvalue weighted by Crippen LogP contribution is -2.23. The van der Waals surface area contributed by atoms with Gasteiger partial charge in [-0.05, 0) is 37.0 Å². The lowest BCUT2D eigenvalue weighted by Gasteiger charge is -2.10. The summed E-state index contributed by atoms with van der Waals surface area (Å²) in [5.41, 5.74) is 2.89. The quantitative estimate of drug-likeness (QED) is 0.622. The topological polar surface area (TPSA) is 75.2 Å². The van der Waals surface area contributed by atoms with Crippen molar-refractivity contribution in [3.05, 3.63) is 34.8 Å². The number of carbonyl (C=O) groups excluding carboxylic acids is 2. The molecule has 0 bridgehead atoms. The van der Waals surface area contributed by atoms with Gasteiger partial charge < -0.3 is 5.32 Å². The zero-order valence-electron chi connectivity index (χ0n) is 15.7. The van der Waals surface area contributed by atoms with Crippen LogP contribution in [0.3, 0.4) is 0 Å². The Kier molecular flexibility index (Phi) is 5.68. The third kappa shape index (κ3) is 4.23. The summed E-state index contributed by atoms with van der Waals surface area (Å²) in [6, 6.07) is 6.30. The molecule has 0 aliphatic carbocycles. The van der Waals surface area contributed by atoms with E-state index in [0.717, 1.165) is 23.1 Å². The van der Waals surface area contributed by atoms with Gasteiger partial charge in [-0.25, -0.2) is 9.97 Å². The molecule has 1 fully saturated rings. The third-order valence-corrected chi connectivity index (χ3v) is 6.55. The highest BCUT2D eigenvalue weighted by Crippen LogP contribution is 2.28. The van der Waals surface area contributed by atoms with Crippen molar-refractivity contribution in [2.45, 2.75) is 45.4 Å². The molecule has 0 radical (unpaired) electrons. The van der Waals surface area contributed by atoms with Crippen molar-refractivity contribution in [1.82, 2.24) is 9.97 Å². The number of thiazole rings is 2. The molecule has 8 heteroatoms. The maximum Gasteiger partial charge on any atom is 0.232 e. The van der Waals surface area contributed by atoms with Crippen LogP contribution in [0.15, 0.2) is 23.6 Å². The summed E-state index contributed by atoms with van der Waals surface area (Å²) in [5.74, 6) is -0.0343. The summed E-state index contributed by atoms with van der Waals surface area (Å²) in [7, 11) is 0. The lowest BCUT2D eigenvalue weighted by atomic mass is 10.1. The number of aromatic nitrogens is 2. The summed E-state index contributed by atoms with van der Waals surface area (Å²) in [6.07, 6.45) is 5.03. The van der Waals surface area contributed by atoms with Gasteiger partial charge in [-0.1, -0.05) is 30.7 Å². The summed E-state index contributed by atoms with van der Waals surface area (Å²) < 4.78 is 1.09. The number of benzene rings is 1. The average molecular weight is 415 g/mol. The summed E-state index contributed by atoms with van der Waals surface area (Å²) >= 11 is 2.91. The first-order chi connectivity index (χ1) is 13.6. The Morgan fingerprint density at radius 1 is 1.32 bits per heavy atom. The van der Waals surface area contributed by atoms with Gasteiger partial charge in [0, 0.05) is 18.3 Å². The highest BCUT2D eigenvalue weighted by atomic mass is 32.1. The Morgan fingerprint density at radius 2 is 2.21 bits per heavy atom. The second-order valence-electron chi connectivity index (χ2n) is 6.92. The molecule has 4 rings (SSSR count).